The molecule has 0 saturated heterocycles. The molecule has 1 atom stereocenters. The zero-order valence-electron chi connectivity index (χ0n) is 6.82. The van der Waals surface area contributed by atoms with Crippen LogP contribution in [0.2, 0.25) is 0 Å². The number of nitrogens with one attached hydrogen (secondary N) is 1. The minimum atomic E-state index is -0.254. The van der Waals surface area contributed by atoms with Crippen molar-refractivity contribution in [2.24, 2.45) is 10.7 Å². The average Bonchev–Trinajstić information content (AvgIpc) is 2.47. The molecule has 1 aromatic heterocycles. The lowest BCUT2D eigenvalue weighted by atomic mass is 10.1. The fourth-order valence-electron chi connectivity index (χ4n) is 1.33. The van der Waals surface area contributed by atoms with Gasteiger partial charge in [0.15, 0.2) is 5.82 Å². The summed E-state index contributed by atoms with van der Waals surface area (Å²) in [6.45, 7) is 0.352. The largest absolute Gasteiger partial charge is 0.369 e. The van der Waals surface area contributed by atoms with Crippen molar-refractivity contribution in [3.8, 4) is 0 Å². The van der Waals surface area contributed by atoms with Gasteiger partial charge in [-0.1, -0.05) is 0 Å². The second kappa shape index (κ2) is 2.67. The number of fused-ring (bicyclic) bond motifs is 1. The van der Waals surface area contributed by atoms with Crippen molar-refractivity contribution in [1.29, 1.82) is 0 Å². The molecule has 1 aliphatic heterocycles. The number of hydrogen-bond acceptors (Lipinski definition) is 5. The summed E-state index contributed by atoms with van der Waals surface area (Å²) >= 11 is 0. The number of anilines is 1. The van der Waals surface area contributed by atoms with Crippen LogP contribution in [0.25, 0.3) is 0 Å². The number of hydrogen-bond donors (Lipinski definition) is 3. The summed E-state index contributed by atoms with van der Waals surface area (Å²) in [6.07, 6.45) is 1.62. The van der Waals surface area contributed by atoms with Gasteiger partial charge in [-0.25, -0.2) is 4.99 Å². The molecule has 0 unspecified atom stereocenters. The Balaban J connectivity index is 2.64. The fraction of sp³-hybridized carbons (Fsp3) is 0.286. The minimum Gasteiger partial charge on any atom is -0.369 e. The van der Waals surface area contributed by atoms with Crippen molar-refractivity contribution < 1.29 is 0 Å². The van der Waals surface area contributed by atoms with E-state index in [0.29, 0.717) is 17.9 Å². The molecular formula is C7H9N5O. The van der Waals surface area contributed by atoms with Crippen LogP contribution in [0.4, 0.5) is 11.8 Å². The summed E-state index contributed by atoms with van der Waals surface area (Å²) in [5.41, 5.74) is 11.1. The molecule has 68 valence electrons. The Kier molecular flexibility index (Phi) is 1.63. The van der Waals surface area contributed by atoms with E-state index in [1.807, 2.05) is 0 Å². The smallest absolute Gasteiger partial charge is 0.258 e. The Labute approximate surface area is 73.7 Å². The van der Waals surface area contributed by atoms with E-state index in [2.05, 4.69) is 15.0 Å². The Morgan fingerprint density at radius 2 is 2.38 bits per heavy atom. The van der Waals surface area contributed by atoms with Crippen molar-refractivity contribution in [1.82, 2.24) is 9.97 Å². The third-order valence-electron chi connectivity index (χ3n) is 1.95. The monoisotopic (exact) mass is 179 g/mol. The van der Waals surface area contributed by atoms with E-state index in [1.165, 1.54) is 0 Å². The molecule has 0 radical (unpaired) electrons. The fourth-order valence-corrected chi connectivity index (χ4v) is 1.33. The van der Waals surface area contributed by atoms with Gasteiger partial charge in [0.25, 0.3) is 5.56 Å². The van der Waals surface area contributed by atoms with Gasteiger partial charge in [0.1, 0.15) is 0 Å². The molecule has 2 rings (SSSR count). The van der Waals surface area contributed by atoms with E-state index in [1.54, 1.807) is 6.21 Å². The highest BCUT2D eigenvalue weighted by Crippen LogP contribution is 2.25. The zero-order chi connectivity index (χ0) is 9.42. The highest BCUT2D eigenvalue weighted by Gasteiger charge is 2.22. The van der Waals surface area contributed by atoms with Crippen LogP contribution in [0.1, 0.15) is 11.5 Å². The predicted molar refractivity (Wildman–Crippen MR) is 49.2 cm³/mol. The molecule has 13 heavy (non-hydrogen) atoms. The average molecular weight is 179 g/mol. The van der Waals surface area contributed by atoms with Gasteiger partial charge in [-0.3, -0.25) is 9.78 Å². The quantitative estimate of drug-likeness (QED) is 0.519. The topological polar surface area (TPSA) is 110 Å². The van der Waals surface area contributed by atoms with Crippen LogP contribution < -0.4 is 17.0 Å². The lowest BCUT2D eigenvalue weighted by Crippen LogP contribution is -2.21. The van der Waals surface area contributed by atoms with Crippen molar-refractivity contribution in [3.63, 3.8) is 0 Å². The molecule has 1 aliphatic rings. The van der Waals surface area contributed by atoms with Gasteiger partial charge >= 0.3 is 0 Å². The third-order valence-corrected chi connectivity index (χ3v) is 1.95. The first kappa shape index (κ1) is 7.93. The van der Waals surface area contributed by atoms with Gasteiger partial charge in [-0.15, -0.1) is 0 Å². The lowest BCUT2D eigenvalue weighted by Gasteiger charge is -2.03. The molecule has 0 spiro atoms. The van der Waals surface area contributed by atoms with E-state index in [-0.39, 0.29) is 17.4 Å². The second-order valence-electron chi connectivity index (χ2n) is 2.81. The van der Waals surface area contributed by atoms with Crippen LogP contribution >= 0.6 is 0 Å². The molecule has 5 N–H and O–H groups in total. The van der Waals surface area contributed by atoms with Crippen LogP contribution in [-0.2, 0) is 0 Å². The maximum Gasteiger partial charge on any atom is 0.258 e. The number of nitrogen functional groups attached to an aromatic ring is 1. The Bertz CT molecular complexity index is 421. The highest BCUT2D eigenvalue weighted by molar-refractivity contribution is 5.79. The first-order chi connectivity index (χ1) is 6.22. The summed E-state index contributed by atoms with van der Waals surface area (Å²) < 4.78 is 0. The van der Waals surface area contributed by atoms with Gasteiger partial charge in [0.05, 0.1) is 5.56 Å². The van der Waals surface area contributed by atoms with E-state index in [9.17, 15) is 4.79 Å². The summed E-state index contributed by atoms with van der Waals surface area (Å²) in [5, 5.41) is 0. The zero-order valence-corrected chi connectivity index (χ0v) is 6.82. The summed E-state index contributed by atoms with van der Waals surface area (Å²) in [6, 6.07) is 0. The van der Waals surface area contributed by atoms with Gasteiger partial charge in [-0.05, 0) is 0 Å². The Hall–Kier alpha value is -1.69. The van der Waals surface area contributed by atoms with Gasteiger partial charge in [0.2, 0.25) is 5.95 Å². The standard InChI is InChI=1S/C7H9N5O/c8-1-3-2-10-5-4(3)6(13)12-7(9)11-5/h2-3H,1,8H2,(H3,9,11,12,13)/t3-/m0/s1. The van der Waals surface area contributed by atoms with Crippen molar-refractivity contribution in [2.75, 3.05) is 12.3 Å². The predicted octanol–water partition coefficient (Wildman–Crippen LogP) is -0.890. The number of rotatable bonds is 1. The van der Waals surface area contributed by atoms with E-state index in [0.717, 1.165) is 0 Å². The van der Waals surface area contributed by atoms with Gasteiger partial charge in [0, 0.05) is 18.7 Å². The number of H-pyrrole nitrogens is 1. The van der Waals surface area contributed by atoms with E-state index in [4.69, 9.17) is 11.5 Å². The SMILES string of the molecule is NC[C@H]1C=Nc2nc(N)[nH]c(=O)c21. The normalized spacial score (nSPS) is 19.0. The van der Waals surface area contributed by atoms with Gasteiger partial charge in [-0.2, -0.15) is 4.98 Å². The van der Waals surface area contributed by atoms with Crippen LogP contribution in [-0.4, -0.2) is 22.7 Å². The second-order valence-corrected chi connectivity index (χ2v) is 2.81. The molecule has 6 nitrogen and oxygen atoms in total. The molecule has 6 heteroatoms. The first-order valence-electron chi connectivity index (χ1n) is 3.86. The highest BCUT2D eigenvalue weighted by atomic mass is 16.1. The molecule has 0 bridgehead atoms. The van der Waals surface area contributed by atoms with E-state index < -0.39 is 0 Å². The van der Waals surface area contributed by atoms with Crippen LogP contribution in [0.5, 0.6) is 0 Å². The minimum absolute atomic E-state index is 0.0820. The molecule has 0 aromatic carbocycles. The molecule has 1 aromatic rings. The maximum absolute atomic E-state index is 11.4. The Morgan fingerprint density at radius 3 is 3.08 bits per heavy atom. The molecule has 0 fully saturated rings. The molecule has 0 saturated carbocycles. The van der Waals surface area contributed by atoms with Gasteiger partial charge < -0.3 is 11.5 Å². The van der Waals surface area contributed by atoms with E-state index >= 15 is 0 Å². The number of aromatic nitrogens is 2. The van der Waals surface area contributed by atoms with Crippen LogP contribution in [0.15, 0.2) is 9.79 Å². The third kappa shape index (κ3) is 1.11. The van der Waals surface area contributed by atoms with Crippen LogP contribution in [0, 0.1) is 0 Å². The maximum atomic E-state index is 11.4. The number of aliphatic imine (C=N–C) groups is 1. The summed E-state index contributed by atoms with van der Waals surface area (Å²) in [5.74, 6) is 0.335. The molecule has 0 aliphatic carbocycles. The Morgan fingerprint density at radius 1 is 1.62 bits per heavy atom. The molecule has 0 amide bonds. The number of aromatic amines is 1. The molecule has 2 heterocycles. The van der Waals surface area contributed by atoms with Crippen molar-refractivity contribution >= 4 is 18.0 Å². The summed E-state index contributed by atoms with van der Waals surface area (Å²) in [7, 11) is 0. The van der Waals surface area contributed by atoms with Crippen molar-refractivity contribution in [2.45, 2.75) is 5.92 Å². The lowest BCUT2D eigenvalue weighted by molar-refractivity contribution is 0.894. The summed E-state index contributed by atoms with van der Waals surface area (Å²) in [4.78, 5) is 21.6. The van der Waals surface area contributed by atoms with Crippen molar-refractivity contribution in [3.05, 3.63) is 15.9 Å². The van der Waals surface area contributed by atoms with Crippen LogP contribution in [0.3, 0.4) is 0 Å². The number of nitrogens with two attached hydrogens (primary N) is 2. The molecular weight excluding hydrogens is 170 g/mol. The first-order valence-corrected chi connectivity index (χ1v) is 3.86. The number of nitrogens with zero attached hydrogens (tertiary/aromatic N) is 2.